The number of carbonyl (C=O) groups excluding carboxylic acids is 1. The third kappa shape index (κ3) is 6.47. The lowest BCUT2D eigenvalue weighted by Crippen LogP contribution is -2.40. The number of ether oxygens (including phenoxy) is 1. The Kier molecular flexibility index (Phi) is 7.38. The molecule has 0 aliphatic heterocycles. The Morgan fingerprint density at radius 2 is 1.82 bits per heavy atom. The van der Waals surface area contributed by atoms with E-state index >= 15 is 0 Å². The topological polar surface area (TPSA) is 75.6 Å². The van der Waals surface area contributed by atoms with Gasteiger partial charge in [0.05, 0.1) is 5.92 Å². The smallest absolute Gasteiger partial charge is 0.308 e. The number of amides is 1. The summed E-state index contributed by atoms with van der Waals surface area (Å²) in [6.45, 7) is 5.66. The number of aliphatic carboxylic acids is 1. The van der Waals surface area contributed by atoms with Gasteiger partial charge in [0.2, 0.25) is 0 Å². The first-order valence-corrected chi connectivity index (χ1v) is 8.01. The predicted octanol–water partition coefficient (Wildman–Crippen LogP) is 3.08. The van der Waals surface area contributed by atoms with E-state index in [1.54, 1.807) is 19.1 Å². The predicted molar refractivity (Wildman–Crippen MR) is 87.8 cm³/mol. The molecule has 0 radical (unpaired) electrons. The molecule has 0 saturated carbocycles. The van der Waals surface area contributed by atoms with Gasteiger partial charge in [0.25, 0.3) is 5.91 Å². The van der Waals surface area contributed by atoms with Crippen LogP contribution in [0.2, 0.25) is 0 Å². The van der Waals surface area contributed by atoms with Crippen LogP contribution >= 0.6 is 15.9 Å². The highest BCUT2D eigenvalue weighted by atomic mass is 79.9. The Morgan fingerprint density at radius 1 is 1.23 bits per heavy atom. The minimum Gasteiger partial charge on any atom is -0.481 e. The van der Waals surface area contributed by atoms with Crippen molar-refractivity contribution >= 4 is 27.8 Å². The Balaban J connectivity index is 2.49. The number of benzene rings is 1. The van der Waals surface area contributed by atoms with Gasteiger partial charge < -0.3 is 15.2 Å². The van der Waals surface area contributed by atoms with Crippen molar-refractivity contribution in [3.63, 3.8) is 0 Å². The van der Waals surface area contributed by atoms with Crippen molar-refractivity contribution in [2.45, 2.75) is 33.3 Å². The summed E-state index contributed by atoms with van der Waals surface area (Å²) in [5.74, 6) is -0.950. The van der Waals surface area contributed by atoms with Crippen LogP contribution < -0.4 is 10.1 Å². The molecule has 1 aromatic rings. The van der Waals surface area contributed by atoms with Gasteiger partial charge in [-0.1, -0.05) is 29.8 Å². The maximum Gasteiger partial charge on any atom is 0.308 e. The van der Waals surface area contributed by atoms with Crippen molar-refractivity contribution in [3.05, 3.63) is 28.7 Å². The third-order valence-corrected chi connectivity index (χ3v) is 3.65. The van der Waals surface area contributed by atoms with Crippen LogP contribution in [0.4, 0.5) is 0 Å². The fourth-order valence-corrected chi connectivity index (χ4v) is 2.24. The summed E-state index contributed by atoms with van der Waals surface area (Å²) in [4.78, 5) is 23.1. The van der Waals surface area contributed by atoms with Crippen molar-refractivity contribution in [1.29, 1.82) is 0 Å². The highest BCUT2D eigenvalue weighted by molar-refractivity contribution is 9.10. The van der Waals surface area contributed by atoms with Crippen LogP contribution in [-0.2, 0) is 9.59 Å². The second-order valence-electron chi connectivity index (χ2n) is 5.62. The van der Waals surface area contributed by atoms with Crippen molar-refractivity contribution in [2.75, 3.05) is 6.54 Å². The van der Waals surface area contributed by atoms with E-state index in [-0.39, 0.29) is 18.4 Å². The number of hydrogen-bond acceptors (Lipinski definition) is 3. The Morgan fingerprint density at radius 3 is 2.32 bits per heavy atom. The molecule has 5 nitrogen and oxygen atoms in total. The van der Waals surface area contributed by atoms with Crippen molar-refractivity contribution < 1.29 is 19.4 Å². The quantitative estimate of drug-likeness (QED) is 0.736. The molecule has 0 aliphatic carbocycles. The molecule has 1 aromatic carbocycles. The van der Waals surface area contributed by atoms with E-state index in [9.17, 15) is 9.59 Å². The van der Waals surface area contributed by atoms with Gasteiger partial charge in [0.1, 0.15) is 5.75 Å². The lowest BCUT2D eigenvalue weighted by atomic mass is 9.97. The summed E-state index contributed by atoms with van der Waals surface area (Å²) in [6, 6.07) is 7.16. The van der Waals surface area contributed by atoms with Crippen molar-refractivity contribution in [2.24, 2.45) is 11.8 Å². The van der Waals surface area contributed by atoms with Crippen LogP contribution in [0.5, 0.6) is 5.75 Å². The van der Waals surface area contributed by atoms with Gasteiger partial charge in [-0.2, -0.15) is 0 Å². The number of carboxylic acid groups (broad SMARTS) is 1. The van der Waals surface area contributed by atoms with E-state index in [0.29, 0.717) is 12.2 Å². The fraction of sp³-hybridized carbons (Fsp3) is 0.500. The van der Waals surface area contributed by atoms with Crippen LogP contribution in [0.15, 0.2) is 28.7 Å². The van der Waals surface area contributed by atoms with Gasteiger partial charge in [-0.25, -0.2) is 0 Å². The van der Waals surface area contributed by atoms with Crippen LogP contribution in [0.25, 0.3) is 0 Å². The summed E-state index contributed by atoms with van der Waals surface area (Å²) < 4.78 is 6.45. The molecule has 1 rings (SSSR count). The summed E-state index contributed by atoms with van der Waals surface area (Å²) in [6.07, 6.45) is -0.160. The molecule has 22 heavy (non-hydrogen) atoms. The molecule has 6 heteroatoms. The van der Waals surface area contributed by atoms with E-state index in [0.717, 1.165) is 4.47 Å². The normalized spacial score (nSPS) is 13.5. The SMILES string of the molecule is CC(C)CC(CNC(=O)C(C)Oc1ccc(Br)cc1)C(=O)O. The average molecular weight is 372 g/mol. The number of rotatable bonds is 8. The van der Waals surface area contributed by atoms with Crippen LogP contribution in [-0.4, -0.2) is 29.6 Å². The van der Waals surface area contributed by atoms with Crippen LogP contribution in [0, 0.1) is 11.8 Å². The highest BCUT2D eigenvalue weighted by Gasteiger charge is 2.22. The standard InChI is InChI=1S/C16H22BrNO4/c1-10(2)8-12(16(20)21)9-18-15(19)11(3)22-14-6-4-13(17)5-7-14/h4-7,10-12H,8-9H2,1-3H3,(H,18,19)(H,20,21). The molecule has 0 aromatic heterocycles. The number of hydrogen-bond donors (Lipinski definition) is 2. The second-order valence-corrected chi connectivity index (χ2v) is 6.54. The number of carbonyl (C=O) groups is 2. The minimum atomic E-state index is -0.893. The molecule has 0 heterocycles. The van der Waals surface area contributed by atoms with Crippen molar-refractivity contribution in [3.8, 4) is 5.75 Å². The van der Waals surface area contributed by atoms with Gasteiger partial charge in [-0.15, -0.1) is 0 Å². The fourth-order valence-electron chi connectivity index (χ4n) is 1.98. The lowest BCUT2D eigenvalue weighted by Gasteiger charge is -2.18. The highest BCUT2D eigenvalue weighted by Crippen LogP contribution is 2.17. The van der Waals surface area contributed by atoms with E-state index in [1.165, 1.54) is 0 Å². The first kappa shape index (κ1) is 18.5. The number of halogens is 1. The molecular formula is C16H22BrNO4. The first-order chi connectivity index (χ1) is 10.3. The maximum atomic E-state index is 12.0. The maximum absolute atomic E-state index is 12.0. The van der Waals surface area contributed by atoms with Crippen LogP contribution in [0.1, 0.15) is 27.2 Å². The average Bonchev–Trinajstić information content (AvgIpc) is 2.44. The number of carboxylic acids is 1. The van der Waals surface area contributed by atoms with E-state index < -0.39 is 18.0 Å². The number of nitrogens with one attached hydrogen (secondary N) is 1. The first-order valence-electron chi connectivity index (χ1n) is 7.22. The van der Waals surface area contributed by atoms with Crippen molar-refractivity contribution in [1.82, 2.24) is 5.32 Å². The molecule has 0 spiro atoms. The summed E-state index contributed by atoms with van der Waals surface area (Å²) in [5.41, 5.74) is 0. The zero-order chi connectivity index (χ0) is 16.7. The van der Waals surface area contributed by atoms with E-state index in [1.807, 2.05) is 26.0 Å². The molecule has 2 N–H and O–H groups in total. The van der Waals surface area contributed by atoms with Gasteiger partial charge >= 0.3 is 5.97 Å². The molecular weight excluding hydrogens is 350 g/mol. The van der Waals surface area contributed by atoms with E-state index in [2.05, 4.69) is 21.2 Å². The zero-order valence-corrected chi connectivity index (χ0v) is 14.6. The molecule has 0 fully saturated rings. The second kappa shape index (κ2) is 8.78. The summed E-state index contributed by atoms with van der Waals surface area (Å²) in [5, 5.41) is 11.8. The lowest BCUT2D eigenvalue weighted by molar-refractivity contribution is -0.142. The molecule has 122 valence electrons. The Bertz CT molecular complexity index is 501. The van der Waals surface area contributed by atoms with Gasteiger partial charge in [0.15, 0.2) is 6.10 Å². The van der Waals surface area contributed by atoms with E-state index in [4.69, 9.17) is 9.84 Å². The third-order valence-electron chi connectivity index (χ3n) is 3.12. The largest absolute Gasteiger partial charge is 0.481 e. The summed E-state index contributed by atoms with van der Waals surface area (Å²) in [7, 11) is 0. The van der Waals surface area contributed by atoms with Gasteiger partial charge in [-0.3, -0.25) is 9.59 Å². The molecule has 0 aliphatic rings. The molecule has 0 bridgehead atoms. The monoisotopic (exact) mass is 371 g/mol. The van der Waals surface area contributed by atoms with Crippen LogP contribution in [0.3, 0.4) is 0 Å². The minimum absolute atomic E-state index is 0.111. The Hall–Kier alpha value is -1.56. The molecule has 0 saturated heterocycles. The summed E-state index contributed by atoms with van der Waals surface area (Å²) >= 11 is 3.32. The molecule has 2 unspecified atom stereocenters. The molecule has 1 amide bonds. The zero-order valence-electron chi connectivity index (χ0n) is 13.0. The van der Waals surface area contributed by atoms with Gasteiger partial charge in [0, 0.05) is 11.0 Å². The van der Waals surface area contributed by atoms with Gasteiger partial charge in [-0.05, 0) is 43.5 Å². The Labute approximate surface area is 139 Å². The molecule has 2 atom stereocenters.